The molecular formula is C24H19N2O3P. The molecule has 6 heteroatoms. The molecule has 30 heavy (non-hydrogen) atoms. The molecule has 1 aromatic heterocycles. The van der Waals surface area contributed by atoms with E-state index in [9.17, 15) is 10.1 Å². The van der Waals surface area contributed by atoms with E-state index >= 15 is 0 Å². The van der Waals surface area contributed by atoms with Gasteiger partial charge in [0, 0.05) is 22.1 Å². The summed E-state index contributed by atoms with van der Waals surface area (Å²) in [5.41, 5.74) is 0. The molecule has 4 aromatic rings. The molecule has 0 unspecified atom stereocenters. The van der Waals surface area contributed by atoms with Crippen LogP contribution in [-0.2, 0) is 0 Å². The van der Waals surface area contributed by atoms with Gasteiger partial charge in [-0.3, -0.25) is 14.9 Å². The summed E-state index contributed by atoms with van der Waals surface area (Å²) in [5.74, 6) is 0.0997. The van der Waals surface area contributed by atoms with Crippen molar-refractivity contribution < 1.29 is 9.34 Å². The van der Waals surface area contributed by atoms with Gasteiger partial charge < -0.3 is 4.42 Å². The molecule has 0 aliphatic rings. The third kappa shape index (κ3) is 3.88. The maximum atomic E-state index is 10.9. The van der Waals surface area contributed by atoms with Crippen LogP contribution in [-0.4, -0.2) is 4.92 Å². The van der Waals surface area contributed by atoms with Crippen LogP contribution in [0.1, 0.15) is 5.76 Å². The largest absolute Gasteiger partial charge is 0.433 e. The van der Waals surface area contributed by atoms with Crippen LogP contribution in [0.2, 0.25) is 0 Å². The van der Waals surface area contributed by atoms with E-state index in [-0.39, 0.29) is 5.88 Å². The predicted octanol–water partition coefficient (Wildman–Crippen LogP) is 5.34. The van der Waals surface area contributed by atoms with Crippen molar-refractivity contribution in [2.45, 2.75) is 0 Å². The van der Waals surface area contributed by atoms with Gasteiger partial charge in [0.25, 0.3) is 0 Å². The molecule has 0 atom stereocenters. The minimum atomic E-state index is -2.34. The summed E-state index contributed by atoms with van der Waals surface area (Å²) in [5, 5.41) is 14.2. The van der Waals surface area contributed by atoms with Crippen LogP contribution in [0.25, 0.3) is 6.08 Å². The zero-order chi connectivity index (χ0) is 20.8. The van der Waals surface area contributed by atoms with Gasteiger partial charge >= 0.3 is 5.88 Å². The first kappa shape index (κ1) is 19.6. The number of hydrogen-bond donors (Lipinski definition) is 0. The molecule has 0 aliphatic carbocycles. The molecule has 1 heterocycles. The summed E-state index contributed by atoms with van der Waals surface area (Å²) >= 11 is 0. The Labute approximate surface area is 174 Å². The molecule has 0 aliphatic heterocycles. The van der Waals surface area contributed by atoms with Crippen LogP contribution < -0.4 is 15.9 Å². The number of furan rings is 1. The highest BCUT2D eigenvalue weighted by atomic mass is 31.2. The average Bonchev–Trinajstić information content (AvgIpc) is 3.28. The molecule has 0 fully saturated rings. The topological polar surface area (TPSA) is 68.6 Å². The third-order valence-corrected chi connectivity index (χ3v) is 8.28. The zero-order valence-electron chi connectivity index (χ0n) is 16.0. The number of nitro groups is 1. The van der Waals surface area contributed by atoms with Gasteiger partial charge in [0.15, 0.2) is 0 Å². The van der Waals surface area contributed by atoms with Crippen LogP contribution >= 0.6 is 7.05 Å². The first-order valence-corrected chi connectivity index (χ1v) is 11.1. The number of hydrogen-bond acceptors (Lipinski definition) is 4. The highest BCUT2D eigenvalue weighted by Crippen LogP contribution is 2.46. The summed E-state index contributed by atoms with van der Waals surface area (Å²) in [6, 6.07) is 33.6. The van der Waals surface area contributed by atoms with Gasteiger partial charge in [-0.05, 0) is 12.1 Å². The molecular weight excluding hydrogens is 395 g/mol. The highest BCUT2D eigenvalue weighted by molar-refractivity contribution is 7.87. The van der Waals surface area contributed by atoms with E-state index in [4.69, 9.17) is 9.16 Å². The minimum Gasteiger partial charge on any atom is -0.401 e. The molecule has 5 nitrogen and oxygen atoms in total. The van der Waals surface area contributed by atoms with Crippen molar-refractivity contribution in [1.82, 2.24) is 0 Å². The Balaban J connectivity index is 1.93. The van der Waals surface area contributed by atoms with Crippen LogP contribution in [0.5, 0.6) is 0 Å². The molecule has 3 aromatic carbocycles. The van der Waals surface area contributed by atoms with Gasteiger partial charge in [-0.25, -0.2) is 0 Å². The molecule has 0 bridgehead atoms. The normalized spacial score (nSPS) is 11.5. The van der Waals surface area contributed by atoms with Gasteiger partial charge in [0.05, 0.1) is 13.1 Å². The Kier molecular flexibility index (Phi) is 5.73. The van der Waals surface area contributed by atoms with E-state index in [1.165, 1.54) is 6.07 Å². The van der Waals surface area contributed by atoms with Crippen molar-refractivity contribution in [3.63, 3.8) is 0 Å². The van der Waals surface area contributed by atoms with Crippen molar-refractivity contribution in [2.75, 3.05) is 0 Å². The molecule has 0 saturated carbocycles. The Morgan fingerprint density at radius 1 is 0.733 bits per heavy atom. The molecule has 0 amide bonds. The molecule has 0 spiro atoms. The Morgan fingerprint density at radius 2 is 1.20 bits per heavy atom. The third-order valence-electron chi connectivity index (χ3n) is 4.66. The van der Waals surface area contributed by atoms with Crippen molar-refractivity contribution >= 4 is 34.9 Å². The second-order valence-corrected chi connectivity index (χ2v) is 9.56. The van der Waals surface area contributed by atoms with Gasteiger partial charge in [-0.1, -0.05) is 91.0 Å². The maximum Gasteiger partial charge on any atom is 0.433 e. The SMILES string of the molecule is O=[N+]([O-])c1ccc(/C=C\N=P(c2ccccc2)(c2ccccc2)c2ccccc2)o1. The lowest BCUT2D eigenvalue weighted by Crippen LogP contribution is -2.25. The summed E-state index contributed by atoms with van der Waals surface area (Å²) in [6.07, 6.45) is 3.36. The van der Waals surface area contributed by atoms with Gasteiger partial charge in [0.1, 0.15) is 10.7 Å². The second kappa shape index (κ2) is 8.76. The van der Waals surface area contributed by atoms with Crippen LogP contribution in [0.15, 0.2) is 118 Å². The van der Waals surface area contributed by atoms with E-state index < -0.39 is 12.0 Å². The fraction of sp³-hybridized carbons (Fsp3) is 0. The summed E-state index contributed by atoms with van der Waals surface area (Å²) < 4.78 is 10.4. The average molecular weight is 414 g/mol. The van der Waals surface area contributed by atoms with Gasteiger partial charge in [-0.2, -0.15) is 0 Å². The van der Waals surface area contributed by atoms with E-state index in [2.05, 4.69) is 36.4 Å². The van der Waals surface area contributed by atoms with E-state index in [0.717, 1.165) is 15.9 Å². The number of nitrogens with zero attached hydrogens (tertiary/aromatic N) is 2. The van der Waals surface area contributed by atoms with Crippen molar-refractivity contribution in [1.29, 1.82) is 0 Å². The first-order valence-electron chi connectivity index (χ1n) is 9.39. The van der Waals surface area contributed by atoms with Crippen LogP contribution in [0.3, 0.4) is 0 Å². The molecule has 0 saturated heterocycles. The summed E-state index contributed by atoms with van der Waals surface area (Å²) in [6.45, 7) is 0. The fourth-order valence-corrected chi connectivity index (χ4v) is 6.69. The predicted molar refractivity (Wildman–Crippen MR) is 122 cm³/mol. The van der Waals surface area contributed by atoms with Crippen LogP contribution in [0, 0.1) is 10.1 Å². The lowest BCUT2D eigenvalue weighted by molar-refractivity contribution is -0.402. The first-order chi connectivity index (χ1) is 14.7. The fourth-order valence-electron chi connectivity index (χ4n) is 3.32. The molecule has 0 N–H and O–H groups in total. The highest BCUT2D eigenvalue weighted by Gasteiger charge is 2.26. The van der Waals surface area contributed by atoms with Gasteiger partial charge in [-0.15, -0.1) is 0 Å². The number of benzene rings is 3. The molecule has 0 radical (unpaired) electrons. The summed E-state index contributed by atoms with van der Waals surface area (Å²) in [4.78, 5) is 10.3. The van der Waals surface area contributed by atoms with Gasteiger partial charge in [0.2, 0.25) is 0 Å². The standard InChI is InChI=1S/C24H19N2O3P/c27-26(28)24-17-16-20(29-24)18-19-25-30(21-10-4-1-5-11-21,22-12-6-2-7-13-22)23-14-8-3-9-15-23/h1-19H/b19-18-. The molecule has 4 rings (SSSR count). The van der Waals surface area contributed by atoms with Crippen molar-refractivity contribution in [2.24, 2.45) is 4.74 Å². The smallest absolute Gasteiger partial charge is 0.401 e. The zero-order valence-corrected chi connectivity index (χ0v) is 16.9. The minimum absolute atomic E-state index is 0.287. The monoisotopic (exact) mass is 414 g/mol. The van der Waals surface area contributed by atoms with Crippen molar-refractivity contribution in [3.05, 3.63) is 125 Å². The van der Waals surface area contributed by atoms with Crippen LogP contribution in [0.4, 0.5) is 5.88 Å². The molecule has 148 valence electrons. The van der Waals surface area contributed by atoms with E-state index in [1.54, 1.807) is 18.3 Å². The quantitative estimate of drug-likeness (QED) is 0.243. The lowest BCUT2D eigenvalue weighted by Gasteiger charge is -2.26. The Bertz CT molecular complexity index is 1110. The second-order valence-electron chi connectivity index (χ2n) is 6.51. The van der Waals surface area contributed by atoms with E-state index in [0.29, 0.717) is 5.76 Å². The number of rotatable bonds is 6. The van der Waals surface area contributed by atoms with Crippen molar-refractivity contribution in [3.8, 4) is 0 Å². The van der Waals surface area contributed by atoms with E-state index in [1.807, 2.05) is 54.6 Å². The lowest BCUT2D eigenvalue weighted by atomic mass is 10.4. The Morgan fingerprint density at radius 3 is 1.60 bits per heavy atom. The summed E-state index contributed by atoms with van der Waals surface area (Å²) in [7, 11) is -2.34. The Hall–Kier alpha value is -3.69. The maximum absolute atomic E-state index is 10.9.